The van der Waals surface area contributed by atoms with E-state index >= 15 is 0 Å². The molecule has 9 nitrogen and oxygen atoms in total. The van der Waals surface area contributed by atoms with Crippen LogP contribution in [0, 0.1) is 6.92 Å². The summed E-state index contributed by atoms with van der Waals surface area (Å²) in [4.78, 5) is 57.8. The molecule has 0 unspecified atom stereocenters. The number of hydrogen-bond acceptors (Lipinski definition) is 6. The van der Waals surface area contributed by atoms with Gasteiger partial charge in [-0.3, -0.25) is 19.3 Å². The Labute approximate surface area is 176 Å². The van der Waals surface area contributed by atoms with Gasteiger partial charge in [-0.2, -0.15) is 0 Å². The van der Waals surface area contributed by atoms with Crippen LogP contribution >= 0.6 is 0 Å². The highest BCUT2D eigenvalue weighted by Gasteiger charge is 2.28. The van der Waals surface area contributed by atoms with Crippen LogP contribution in [0.3, 0.4) is 0 Å². The summed E-state index contributed by atoms with van der Waals surface area (Å²) < 4.78 is 4.83. The number of amides is 2. The molecule has 2 aliphatic heterocycles. The van der Waals surface area contributed by atoms with Crippen LogP contribution in [0.2, 0.25) is 0 Å². The van der Waals surface area contributed by atoms with Crippen LogP contribution in [0.5, 0.6) is 0 Å². The average molecular weight is 418 g/mol. The van der Waals surface area contributed by atoms with Crippen molar-refractivity contribution in [2.75, 3.05) is 52.9 Å². The lowest BCUT2D eigenvalue weighted by atomic mass is 10.1. The highest BCUT2D eigenvalue weighted by Crippen LogP contribution is 2.21. The summed E-state index contributed by atoms with van der Waals surface area (Å²) in [7, 11) is 1.27. The van der Waals surface area contributed by atoms with Gasteiger partial charge in [-0.15, -0.1) is 0 Å². The number of methoxy groups -OCH3 is 1. The molecule has 9 heteroatoms. The molecule has 2 aliphatic rings. The monoisotopic (exact) mass is 418 g/mol. The van der Waals surface area contributed by atoms with Gasteiger partial charge < -0.3 is 19.5 Å². The maximum absolute atomic E-state index is 12.8. The Hall–Kier alpha value is -2.68. The smallest absolute Gasteiger partial charge is 0.339 e. The highest BCUT2D eigenvalue weighted by atomic mass is 16.5. The molecule has 0 bridgehead atoms. The first-order chi connectivity index (χ1) is 14.3. The molecule has 0 saturated carbocycles. The lowest BCUT2D eigenvalue weighted by Gasteiger charge is -2.35. The molecule has 30 heavy (non-hydrogen) atoms. The molecule has 3 heterocycles. The third-order valence-electron chi connectivity index (χ3n) is 5.94. The number of likely N-dealkylation sites (tertiary alicyclic amines) is 1. The molecule has 1 aromatic rings. The van der Waals surface area contributed by atoms with Crippen LogP contribution in [0.4, 0.5) is 0 Å². The van der Waals surface area contributed by atoms with E-state index in [4.69, 9.17) is 4.74 Å². The minimum absolute atomic E-state index is 0.00867. The standard InChI is InChI=1S/C21H30N4O5/c1-14-19(21(29)30-3)16(22-20(14)15(2)26)12-17(27)25-10-8-23(9-11-25)13-18(28)24-6-4-5-7-24/h22H,4-13H2,1-3H3. The van der Waals surface area contributed by atoms with E-state index in [0.717, 1.165) is 25.9 Å². The SMILES string of the molecule is COC(=O)c1c(CC(=O)N2CCN(CC(=O)N3CCCC3)CC2)[nH]c(C(C)=O)c1C. The number of H-pyrrole nitrogens is 1. The Morgan fingerprint density at radius 3 is 2.10 bits per heavy atom. The van der Waals surface area contributed by atoms with Crippen LogP contribution in [0.1, 0.15) is 51.9 Å². The van der Waals surface area contributed by atoms with Gasteiger partial charge in [0.1, 0.15) is 0 Å². The van der Waals surface area contributed by atoms with Crippen molar-refractivity contribution in [1.29, 1.82) is 0 Å². The number of hydrogen-bond donors (Lipinski definition) is 1. The summed E-state index contributed by atoms with van der Waals surface area (Å²) in [6.45, 7) is 7.49. The van der Waals surface area contributed by atoms with Crippen molar-refractivity contribution in [2.24, 2.45) is 0 Å². The Morgan fingerprint density at radius 2 is 1.53 bits per heavy atom. The third kappa shape index (κ3) is 4.72. The van der Waals surface area contributed by atoms with Crippen molar-refractivity contribution in [2.45, 2.75) is 33.1 Å². The van der Waals surface area contributed by atoms with E-state index in [0.29, 0.717) is 49.7 Å². The first kappa shape index (κ1) is 22.0. The summed E-state index contributed by atoms with van der Waals surface area (Å²) in [6.07, 6.45) is 2.14. The van der Waals surface area contributed by atoms with Crippen LogP contribution in [0.25, 0.3) is 0 Å². The fourth-order valence-corrected chi connectivity index (χ4v) is 4.20. The Kier molecular flexibility index (Phi) is 6.91. The minimum Gasteiger partial charge on any atom is -0.465 e. The number of esters is 1. The molecular formula is C21H30N4O5. The summed E-state index contributed by atoms with van der Waals surface area (Å²) in [5.74, 6) is -0.729. The highest BCUT2D eigenvalue weighted by molar-refractivity contribution is 6.01. The molecule has 0 aliphatic carbocycles. The van der Waals surface area contributed by atoms with Gasteiger partial charge in [0, 0.05) is 51.9 Å². The molecule has 1 aromatic heterocycles. The number of aromatic nitrogens is 1. The number of carbonyl (C=O) groups is 4. The van der Waals surface area contributed by atoms with Crippen LogP contribution in [0.15, 0.2) is 0 Å². The van der Waals surface area contributed by atoms with Crippen molar-refractivity contribution < 1.29 is 23.9 Å². The van der Waals surface area contributed by atoms with E-state index in [-0.39, 0.29) is 29.6 Å². The fourth-order valence-electron chi connectivity index (χ4n) is 4.20. The first-order valence-electron chi connectivity index (χ1n) is 10.4. The maximum atomic E-state index is 12.8. The third-order valence-corrected chi connectivity index (χ3v) is 5.94. The van der Waals surface area contributed by atoms with Crippen molar-refractivity contribution in [1.82, 2.24) is 19.7 Å². The molecule has 0 radical (unpaired) electrons. The second kappa shape index (κ2) is 9.42. The van der Waals surface area contributed by atoms with E-state index < -0.39 is 5.97 Å². The largest absolute Gasteiger partial charge is 0.465 e. The molecule has 1 N–H and O–H groups in total. The van der Waals surface area contributed by atoms with E-state index in [9.17, 15) is 19.2 Å². The topological polar surface area (TPSA) is 103 Å². The number of nitrogens with one attached hydrogen (secondary N) is 1. The Balaban J connectivity index is 1.59. The van der Waals surface area contributed by atoms with Crippen molar-refractivity contribution in [3.63, 3.8) is 0 Å². The van der Waals surface area contributed by atoms with Crippen molar-refractivity contribution in [3.8, 4) is 0 Å². The first-order valence-corrected chi connectivity index (χ1v) is 10.4. The fraction of sp³-hybridized carbons (Fsp3) is 0.619. The van der Waals surface area contributed by atoms with Gasteiger partial charge in [0.15, 0.2) is 5.78 Å². The Bertz CT molecular complexity index is 833. The number of ether oxygens (including phenoxy) is 1. The van der Waals surface area contributed by atoms with Crippen LogP contribution < -0.4 is 0 Å². The molecule has 2 amide bonds. The van der Waals surface area contributed by atoms with E-state index in [1.165, 1.54) is 14.0 Å². The molecule has 0 aromatic carbocycles. The molecule has 164 valence electrons. The molecule has 2 fully saturated rings. The summed E-state index contributed by atoms with van der Waals surface area (Å²) in [5.41, 5.74) is 1.48. The van der Waals surface area contributed by atoms with Gasteiger partial charge in [0.05, 0.1) is 31.3 Å². The molecule has 0 spiro atoms. The summed E-state index contributed by atoms with van der Waals surface area (Å²) in [5, 5.41) is 0. The van der Waals surface area contributed by atoms with Crippen molar-refractivity contribution in [3.05, 3.63) is 22.5 Å². The Morgan fingerprint density at radius 1 is 0.933 bits per heavy atom. The van der Waals surface area contributed by atoms with E-state index in [1.54, 1.807) is 11.8 Å². The maximum Gasteiger partial charge on any atom is 0.339 e. The summed E-state index contributed by atoms with van der Waals surface area (Å²) in [6, 6.07) is 0. The summed E-state index contributed by atoms with van der Waals surface area (Å²) >= 11 is 0. The van der Waals surface area contributed by atoms with Crippen LogP contribution in [-0.2, 0) is 20.7 Å². The normalized spacial score (nSPS) is 17.3. The number of Topliss-reactive ketones (excluding diaryl/α,β-unsaturated/α-hetero) is 1. The zero-order valence-electron chi connectivity index (χ0n) is 18.0. The predicted molar refractivity (Wildman–Crippen MR) is 109 cm³/mol. The van der Waals surface area contributed by atoms with Gasteiger partial charge in [-0.1, -0.05) is 0 Å². The lowest BCUT2D eigenvalue weighted by Crippen LogP contribution is -2.51. The quantitative estimate of drug-likeness (QED) is 0.537. The van der Waals surface area contributed by atoms with Gasteiger partial charge in [-0.05, 0) is 25.3 Å². The minimum atomic E-state index is -0.565. The molecule has 0 atom stereocenters. The molecule has 3 rings (SSSR count). The molecular weight excluding hydrogens is 388 g/mol. The number of ketones is 1. The molecule has 2 saturated heterocycles. The second-order valence-electron chi connectivity index (χ2n) is 7.95. The number of rotatable bonds is 6. The van der Waals surface area contributed by atoms with Gasteiger partial charge in [0.25, 0.3) is 0 Å². The average Bonchev–Trinajstić information content (AvgIpc) is 3.36. The van der Waals surface area contributed by atoms with Gasteiger partial charge in [-0.25, -0.2) is 4.79 Å². The van der Waals surface area contributed by atoms with E-state index in [2.05, 4.69) is 9.88 Å². The lowest BCUT2D eigenvalue weighted by molar-refractivity contribution is -0.134. The number of piperazine rings is 1. The zero-order valence-corrected chi connectivity index (χ0v) is 18.0. The zero-order chi connectivity index (χ0) is 21.8. The van der Waals surface area contributed by atoms with Crippen LogP contribution in [-0.4, -0.2) is 96.2 Å². The predicted octanol–water partition coefficient (Wildman–Crippen LogP) is 0.621. The van der Waals surface area contributed by atoms with Gasteiger partial charge in [0.2, 0.25) is 11.8 Å². The van der Waals surface area contributed by atoms with Gasteiger partial charge >= 0.3 is 5.97 Å². The number of aromatic amines is 1. The number of nitrogens with zero attached hydrogens (tertiary/aromatic N) is 3. The van der Waals surface area contributed by atoms with E-state index in [1.807, 2.05) is 4.90 Å². The number of carbonyl (C=O) groups excluding carboxylic acids is 4. The second-order valence-corrected chi connectivity index (χ2v) is 7.95. The van der Waals surface area contributed by atoms with Crippen molar-refractivity contribution >= 4 is 23.6 Å².